The Morgan fingerprint density at radius 2 is 2.35 bits per heavy atom. The summed E-state index contributed by atoms with van der Waals surface area (Å²) in [6.45, 7) is 4.16. The van der Waals surface area contributed by atoms with E-state index in [1.165, 1.54) is 0 Å². The standard InChI is InChI=1S/C19H23N3O4/c1-13-7-16(21-26-13)19(23)22-5-6-25-18-9-15(8-17(18)22)12-24-11-14-3-2-4-20-10-14/h2-4,7,10,15,17-18H,5-6,8-9,11-12H2,1H3/t15?,17-,18-/m1/s1. The summed E-state index contributed by atoms with van der Waals surface area (Å²) in [5, 5.41) is 3.87. The molecule has 0 N–H and O–H groups in total. The van der Waals surface area contributed by atoms with E-state index in [1.54, 1.807) is 19.2 Å². The minimum atomic E-state index is -0.0721. The van der Waals surface area contributed by atoms with Crippen LogP contribution in [0.5, 0.6) is 0 Å². The zero-order valence-corrected chi connectivity index (χ0v) is 14.8. The molecule has 2 aliphatic rings. The van der Waals surface area contributed by atoms with E-state index in [0.717, 1.165) is 18.4 Å². The van der Waals surface area contributed by atoms with Crippen LogP contribution in [0.15, 0.2) is 35.1 Å². The summed E-state index contributed by atoms with van der Waals surface area (Å²) >= 11 is 0. The zero-order valence-electron chi connectivity index (χ0n) is 14.8. The number of aromatic nitrogens is 2. The molecule has 0 aromatic carbocycles. The molecule has 2 fully saturated rings. The van der Waals surface area contributed by atoms with E-state index >= 15 is 0 Å². The van der Waals surface area contributed by atoms with E-state index in [9.17, 15) is 4.79 Å². The predicted molar refractivity (Wildman–Crippen MR) is 92.4 cm³/mol. The maximum Gasteiger partial charge on any atom is 0.276 e. The van der Waals surface area contributed by atoms with Gasteiger partial charge >= 0.3 is 0 Å². The van der Waals surface area contributed by atoms with Gasteiger partial charge in [-0.25, -0.2) is 0 Å². The molecule has 7 heteroatoms. The fraction of sp³-hybridized carbons (Fsp3) is 0.526. The number of hydrogen-bond acceptors (Lipinski definition) is 6. The van der Waals surface area contributed by atoms with Crippen LogP contribution in [0.1, 0.15) is 34.7 Å². The van der Waals surface area contributed by atoms with Gasteiger partial charge in [0.25, 0.3) is 5.91 Å². The molecule has 3 atom stereocenters. The Labute approximate surface area is 152 Å². The average molecular weight is 357 g/mol. The van der Waals surface area contributed by atoms with Crippen molar-refractivity contribution in [3.8, 4) is 0 Å². The molecular formula is C19H23N3O4. The van der Waals surface area contributed by atoms with Crippen molar-refractivity contribution in [2.75, 3.05) is 19.8 Å². The van der Waals surface area contributed by atoms with Gasteiger partial charge in [0, 0.05) is 25.0 Å². The molecule has 4 rings (SSSR count). The Hall–Kier alpha value is -2.25. The van der Waals surface area contributed by atoms with Crippen LogP contribution in [-0.4, -0.2) is 52.9 Å². The highest BCUT2D eigenvalue weighted by atomic mass is 16.5. The van der Waals surface area contributed by atoms with Crippen molar-refractivity contribution in [1.82, 2.24) is 15.0 Å². The Morgan fingerprint density at radius 1 is 1.42 bits per heavy atom. The van der Waals surface area contributed by atoms with Gasteiger partial charge < -0.3 is 18.9 Å². The smallest absolute Gasteiger partial charge is 0.276 e. The summed E-state index contributed by atoms with van der Waals surface area (Å²) < 4.78 is 16.8. The molecule has 1 saturated carbocycles. The fourth-order valence-corrected chi connectivity index (χ4v) is 3.88. The second kappa shape index (κ2) is 7.55. The van der Waals surface area contributed by atoms with Crippen molar-refractivity contribution in [3.63, 3.8) is 0 Å². The van der Waals surface area contributed by atoms with E-state index in [2.05, 4.69) is 10.1 Å². The van der Waals surface area contributed by atoms with Crippen LogP contribution in [0.2, 0.25) is 0 Å². The molecular weight excluding hydrogens is 334 g/mol. The van der Waals surface area contributed by atoms with Gasteiger partial charge in [-0.2, -0.15) is 0 Å². The molecule has 0 spiro atoms. The molecule has 7 nitrogen and oxygen atoms in total. The van der Waals surface area contributed by atoms with Crippen LogP contribution >= 0.6 is 0 Å². The Balaban J connectivity index is 1.34. The van der Waals surface area contributed by atoms with Crippen LogP contribution in [-0.2, 0) is 16.1 Å². The van der Waals surface area contributed by atoms with Gasteiger partial charge in [-0.1, -0.05) is 11.2 Å². The fourth-order valence-electron chi connectivity index (χ4n) is 3.88. The van der Waals surface area contributed by atoms with Crippen molar-refractivity contribution >= 4 is 5.91 Å². The van der Waals surface area contributed by atoms with Crippen LogP contribution in [0.3, 0.4) is 0 Å². The van der Waals surface area contributed by atoms with Crippen molar-refractivity contribution in [1.29, 1.82) is 0 Å². The highest BCUT2D eigenvalue weighted by Gasteiger charge is 2.43. The largest absolute Gasteiger partial charge is 0.376 e. The highest BCUT2D eigenvalue weighted by Crippen LogP contribution is 2.35. The number of rotatable bonds is 5. The lowest BCUT2D eigenvalue weighted by Gasteiger charge is -2.37. The van der Waals surface area contributed by atoms with Crippen molar-refractivity contribution < 1.29 is 18.8 Å². The van der Waals surface area contributed by atoms with Crippen molar-refractivity contribution in [3.05, 3.63) is 47.6 Å². The lowest BCUT2D eigenvalue weighted by Crippen LogP contribution is -2.51. The topological polar surface area (TPSA) is 77.7 Å². The van der Waals surface area contributed by atoms with Gasteiger partial charge in [-0.05, 0) is 37.3 Å². The minimum absolute atomic E-state index is 0.0721. The van der Waals surface area contributed by atoms with Crippen LogP contribution in [0.25, 0.3) is 0 Å². The molecule has 0 bridgehead atoms. The predicted octanol–water partition coefficient (Wildman–Crippen LogP) is 2.21. The average Bonchev–Trinajstić information content (AvgIpc) is 3.27. The SMILES string of the molecule is Cc1cc(C(=O)N2CCO[C@@H]3CC(COCc4cccnc4)C[C@H]32)no1. The molecule has 1 aliphatic heterocycles. The van der Waals surface area contributed by atoms with Gasteiger partial charge in [-0.3, -0.25) is 9.78 Å². The molecule has 2 aromatic rings. The first-order valence-electron chi connectivity index (χ1n) is 9.03. The molecule has 0 radical (unpaired) electrons. The Morgan fingerprint density at radius 3 is 3.12 bits per heavy atom. The molecule has 3 heterocycles. The van der Waals surface area contributed by atoms with Gasteiger partial charge in [0.05, 0.1) is 32.0 Å². The summed E-state index contributed by atoms with van der Waals surface area (Å²) in [6.07, 6.45) is 5.45. The molecule has 1 amide bonds. The maximum absolute atomic E-state index is 12.8. The number of carbonyl (C=O) groups excluding carboxylic acids is 1. The lowest BCUT2D eigenvalue weighted by atomic mass is 10.1. The highest BCUT2D eigenvalue weighted by molar-refractivity contribution is 5.92. The lowest BCUT2D eigenvalue weighted by molar-refractivity contribution is -0.0453. The first-order valence-corrected chi connectivity index (χ1v) is 9.03. The molecule has 138 valence electrons. The van der Waals surface area contributed by atoms with Crippen LogP contribution < -0.4 is 0 Å². The first kappa shape index (κ1) is 17.2. The molecule has 1 aliphatic carbocycles. The molecule has 2 aromatic heterocycles. The number of carbonyl (C=O) groups is 1. The second-order valence-electron chi connectivity index (χ2n) is 7.01. The number of fused-ring (bicyclic) bond motifs is 1. The van der Waals surface area contributed by atoms with Crippen molar-refractivity contribution in [2.24, 2.45) is 5.92 Å². The van der Waals surface area contributed by atoms with Crippen LogP contribution in [0, 0.1) is 12.8 Å². The summed E-state index contributed by atoms with van der Waals surface area (Å²) in [4.78, 5) is 18.8. The third-order valence-electron chi connectivity index (χ3n) is 5.09. The van der Waals surface area contributed by atoms with Crippen LogP contribution in [0.4, 0.5) is 0 Å². The number of pyridine rings is 1. The third-order valence-corrected chi connectivity index (χ3v) is 5.09. The molecule has 26 heavy (non-hydrogen) atoms. The normalized spacial score (nSPS) is 25.3. The second-order valence-corrected chi connectivity index (χ2v) is 7.01. The summed E-state index contributed by atoms with van der Waals surface area (Å²) in [5.41, 5.74) is 1.44. The first-order chi connectivity index (χ1) is 12.7. The zero-order chi connectivity index (χ0) is 17.9. The van der Waals surface area contributed by atoms with E-state index in [1.807, 2.05) is 23.2 Å². The number of hydrogen-bond donors (Lipinski definition) is 0. The summed E-state index contributed by atoms with van der Waals surface area (Å²) in [5.74, 6) is 0.956. The Kier molecular flexibility index (Phi) is 4.99. The molecule has 1 saturated heterocycles. The van der Waals surface area contributed by atoms with Crippen molar-refractivity contribution in [2.45, 2.75) is 38.5 Å². The number of ether oxygens (including phenoxy) is 2. The molecule has 1 unspecified atom stereocenters. The maximum atomic E-state index is 12.8. The number of nitrogens with zero attached hydrogens (tertiary/aromatic N) is 3. The summed E-state index contributed by atoms with van der Waals surface area (Å²) in [6, 6.07) is 5.69. The number of aryl methyl sites for hydroxylation is 1. The van der Waals surface area contributed by atoms with E-state index < -0.39 is 0 Å². The van der Waals surface area contributed by atoms with E-state index in [4.69, 9.17) is 14.0 Å². The number of amides is 1. The summed E-state index contributed by atoms with van der Waals surface area (Å²) in [7, 11) is 0. The van der Waals surface area contributed by atoms with Gasteiger partial charge in [0.15, 0.2) is 5.69 Å². The van der Waals surface area contributed by atoms with Gasteiger partial charge in [-0.15, -0.1) is 0 Å². The van der Waals surface area contributed by atoms with Gasteiger partial charge in [0.2, 0.25) is 0 Å². The monoisotopic (exact) mass is 357 g/mol. The van der Waals surface area contributed by atoms with E-state index in [-0.39, 0.29) is 18.1 Å². The minimum Gasteiger partial charge on any atom is -0.376 e. The van der Waals surface area contributed by atoms with E-state index in [0.29, 0.717) is 43.7 Å². The van der Waals surface area contributed by atoms with Gasteiger partial charge in [0.1, 0.15) is 5.76 Å². The third kappa shape index (κ3) is 3.64. The number of morpholine rings is 1. The Bertz CT molecular complexity index is 748. The quantitative estimate of drug-likeness (QED) is 0.816.